The highest BCUT2D eigenvalue weighted by atomic mass is 16.5. The summed E-state index contributed by atoms with van der Waals surface area (Å²) < 4.78 is 5.13. The molecule has 0 saturated carbocycles. The lowest BCUT2D eigenvalue weighted by atomic mass is 10.1. The molecule has 1 aromatic heterocycles. The predicted octanol–water partition coefficient (Wildman–Crippen LogP) is 1.83. The first-order valence-corrected chi connectivity index (χ1v) is 5.74. The molecular weight excluding hydrogens is 244 g/mol. The second-order valence-electron chi connectivity index (χ2n) is 3.85. The molecule has 0 unspecified atom stereocenters. The van der Waals surface area contributed by atoms with Crippen LogP contribution >= 0.6 is 0 Å². The van der Waals surface area contributed by atoms with Gasteiger partial charge in [-0.3, -0.25) is 9.78 Å². The minimum Gasteiger partial charge on any atom is -0.496 e. The molecule has 2 aromatic rings. The summed E-state index contributed by atoms with van der Waals surface area (Å²) in [7, 11) is 1.51. The summed E-state index contributed by atoms with van der Waals surface area (Å²) in [6.45, 7) is -0.163. The van der Waals surface area contributed by atoms with Gasteiger partial charge in [0.2, 0.25) is 0 Å². The average molecular weight is 258 g/mol. The molecule has 0 saturated heterocycles. The number of methoxy groups -OCH3 is 1. The third-order valence-electron chi connectivity index (χ3n) is 2.68. The summed E-state index contributed by atoms with van der Waals surface area (Å²) in [5, 5.41) is 11.9. The zero-order valence-corrected chi connectivity index (χ0v) is 10.5. The Morgan fingerprint density at radius 3 is 2.89 bits per heavy atom. The highest BCUT2D eigenvalue weighted by Crippen LogP contribution is 2.20. The molecule has 0 atom stereocenters. The number of nitrogens with zero attached hydrogens (tertiary/aromatic N) is 1. The van der Waals surface area contributed by atoms with Crippen LogP contribution in [0.3, 0.4) is 0 Å². The Hall–Kier alpha value is -2.40. The highest BCUT2D eigenvalue weighted by Gasteiger charge is 2.13. The minimum atomic E-state index is -0.305. The van der Waals surface area contributed by atoms with E-state index in [1.54, 1.807) is 36.5 Å². The van der Waals surface area contributed by atoms with Crippen LogP contribution in [0.1, 0.15) is 15.9 Å². The molecule has 2 N–H and O–H groups in total. The maximum atomic E-state index is 12.2. The number of anilines is 1. The Bertz CT molecular complexity index is 584. The number of rotatable bonds is 4. The van der Waals surface area contributed by atoms with Crippen molar-refractivity contribution in [2.45, 2.75) is 6.61 Å². The maximum absolute atomic E-state index is 12.2. The molecule has 0 bridgehead atoms. The molecule has 2 rings (SSSR count). The van der Waals surface area contributed by atoms with Crippen LogP contribution in [0.4, 0.5) is 5.69 Å². The van der Waals surface area contributed by atoms with E-state index < -0.39 is 0 Å². The smallest absolute Gasteiger partial charge is 0.259 e. The Balaban J connectivity index is 2.26. The van der Waals surface area contributed by atoms with E-state index in [9.17, 15) is 9.90 Å². The summed E-state index contributed by atoms with van der Waals surface area (Å²) >= 11 is 0. The molecule has 5 heteroatoms. The first-order valence-electron chi connectivity index (χ1n) is 5.74. The number of carbonyl (C=O) groups is 1. The van der Waals surface area contributed by atoms with Crippen molar-refractivity contribution in [3.8, 4) is 5.75 Å². The molecule has 0 radical (unpaired) electrons. The van der Waals surface area contributed by atoms with Crippen LogP contribution in [0.2, 0.25) is 0 Å². The third-order valence-corrected chi connectivity index (χ3v) is 2.68. The Morgan fingerprint density at radius 2 is 2.16 bits per heavy atom. The summed E-state index contributed by atoms with van der Waals surface area (Å²) in [5.41, 5.74) is 1.52. The number of hydrogen-bond donors (Lipinski definition) is 2. The fourth-order valence-electron chi connectivity index (χ4n) is 1.70. The SMILES string of the molecule is COc1ccccc1C(=O)Nc1cnccc1CO. The van der Waals surface area contributed by atoms with Gasteiger partial charge in [-0.25, -0.2) is 0 Å². The summed E-state index contributed by atoms with van der Waals surface area (Å²) in [5.74, 6) is 0.189. The Labute approximate surface area is 110 Å². The van der Waals surface area contributed by atoms with Gasteiger partial charge in [0.15, 0.2) is 0 Å². The lowest BCUT2D eigenvalue weighted by Gasteiger charge is -2.11. The number of aromatic nitrogens is 1. The first-order chi connectivity index (χ1) is 9.26. The van der Waals surface area contributed by atoms with Crippen molar-refractivity contribution in [2.75, 3.05) is 12.4 Å². The highest BCUT2D eigenvalue weighted by molar-refractivity contribution is 6.06. The fraction of sp³-hybridized carbons (Fsp3) is 0.143. The summed E-state index contributed by atoms with van der Waals surface area (Å²) in [6.07, 6.45) is 3.06. The molecule has 5 nitrogen and oxygen atoms in total. The van der Waals surface area contributed by atoms with Crippen LogP contribution in [0.25, 0.3) is 0 Å². The largest absolute Gasteiger partial charge is 0.496 e. The number of benzene rings is 1. The minimum absolute atomic E-state index is 0.163. The molecule has 1 aromatic carbocycles. The number of pyridine rings is 1. The fourth-order valence-corrected chi connectivity index (χ4v) is 1.70. The molecule has 0 aliphatic carbocycles. The first kappa shape index (κ1) is 13.0. The van der Waals surface area contributed by atoms with Crippen molar-refractivity contribution in [1.29, 1.82) is 0 Å². The molecule has 1 amide bonds. The van der Waals surface area contributed by atoms with Gasteiger partial charge < -0.3 is 15.2 Å². The number of aliphatic hydroxyl groups is 1. The van der Waals surface area contributed by atoms with Gasteiger partial charge in [-0.2, -0.15) is 0 Å². The number of amides is 1. The van der Waals surface area contributed by atoms with E-state index in [0.29, 0.717) is 22.6 Å². The number of para-hydroxylation sites is 1. The van der Waals surface area contributed by atoms with Crippen molar-refractivity contribution in [2.24, 2.45) is 0 Å². The standard InChI is InChI=1S/C14H14N2O3/c1-19-13-5-3-2-4-11(13)14(18)16-12-8-15-7-6-10(12)9-17/h2-8,17H,9H2,1H3,(H,16,18). The van der Waals surface area contributed by atoms with E-state index >= 15 is 0 Å². The average Bonchev–Trinajstić information content (AvgIpc) is 2.47. The van der Waals surface area contributed by atoms with E-state index in [-0.39, 0.29) is 12.5 Å². The van der Waals surface area contributed by atoms with E-state index in [4.69, 9.17) is 4.74 Å². The summed E-state index contributed by atoms with van der Waals surface area (Å²) in [4.78, 5) is 16.1. The molecule has 0 aliphatic rings. The lowest BCUT2D eigenvalue weighted by molar-refractivity contribution is 0.102. The van der Waals surface area contributed by atoms with Gasteiger partial charge >= 0.3 is 0 Å². The van der Waals surface area contributed by atoms with Crippen molar-refractivity contribution in [1.82, 2.24) is 4.98 Å². The molecule has 98 valence electrons. The van der Waals surface area contributed by atoms with Crippen molar-refractivity contribution in [3.63, 3.8) is 0 Å². The van der Waals surface area contributed by atoms with Crippen molar-refractivity contribution >= 4 is 11.6 Å². The van der Waals surface area contributed by atoms with Crippen LogP contribution in [0.15, 0.2) is 42.7 Å². The molecule has 1 heterocycles. The van der Waals surface area contributed by atoms with Gasteiger partial charge in [-0.1, -0.05) is 12.1 Å². The van der Waals surface area contributed by atoms with E-state index in [1.807, 2.05) is 0 Å². The van der Waals surface area contributed by atoms with E-state index in [0.717, 1.165) is 0 Å². The van der Waals surface area contributed by atoms with Gasteiger partial charge in [0.25, 0.3) is 5.91 Å². The quantitative estimate of drug-likeness (QED) is 0.877. The lowest BCUT2D eigenvalue weighted by Crippen LogP contribution is -2.14. The molecule has 19 heavy (non-hydrogen) atoms. The summed E-state index contributed by atoms with van der Waals surface area (Å²) in [6, 6.07) is 8.58. The molecule has 0 aliphatic heterocycles. The number of aliphatic hydroxyl groups excluding tert-OH is 1. The van der Waals surface area contributed by atoms with Crippen LogP contribution in [-0.4, -0.2) is 23.1 Å². The Kier molecular flexibility index (Phi) is 4.10. The predicted molar refractivity (Wildman–Crippen MR) is 71.1 cm³/mol. The van der Waals surface area contributed by atoms with Crippen molar-refractivity contribution < 1.29 is 14.6 Å². The number of carbonyl (C=O) groups excluding carboxylic acids is 1. The van der Waals surface area contributed by atoms with Gasteiger partial charge in [0.1, 0.15) is 5.75 Å². The monoisotopic (exact) mass is 258 g/mol. The van der Waals surface area contributed by atoms with E-state index in [2.05, 4.69) is 10.3 Å². The van der Waals surface area contributed by atoms with Crippen LogP contribution < -0.4 is 10.1 Å². The Morgan fingerprint density at radius 1 is 1.37 bits per heavy atom. The molecule has 0 spiro atoms. The van der Waals surface area contributed by atoms with Crippen molar-refractivity contribution in [3.05, 3.63) is 53.9 Å². The second-order valence-corrected chi connectivity index (χ2v) is 3.85. The van der Waals surface area contributed by atoms with Crippen LogP contribution in [-0.2, 0) is 6.61 Å². The number of hydrogen-bond acceptors (Lipinski definition) is 4. The number of ether oxygens (including phenoxy) is 1. The number of nitrogens with one attached hydrogen (secondary N) is 1. The third kappa shape index (κ3) is 2.89. The molecule has 0 fully saturated rings. The zero-order valence-electron chi connectivity index (χ0n) is 10.5. The van der Waals surface area contributed by atoms with Crippen LogP contribution in [0, 0.1) is 0 Å². The topological polar surface area (TPSA) is 71.5 Å². The van der Waals surface area contributed by atoms with Crippen LogP contribution in [0.5, 0.6) is 5.75 Å². The van der Waals surface area contributed by atoms with Gasteiger partial charge in [-0.05, 0) is 18.2 Å². The van der Waals surface area contributed by atoms with Gasteiger partial charge in [0.05, 0.1) is 31.2 Å². The van der Waals surface area contributed by atoms with Gasteiger partial charge in [0, 0.05) is 11.8 Å². The zero-order chi connectivity index (χ0) is 13.7. The molecular formula is C14H14N2O3. The maximum Gasteiger partial charge on any atom is 0.259 e. The second kappa shape index (κ2) is 5.97. The normalized spacial score (nSPS) is 10.0. The van der Waals surface area contributed by atoms with E-state index in [1.165, 1.54) is 13.3 Å². The van der Waals surface area contributed by atoms with Gasteiger partial charge in [-0.15, -0.1) is 0 Å².